The van der Waals surface area contributed by atoms with E-state index in [9.17, 15) is 20.2 Å². The van der Waals surface area contributed by atoms with Gasteiger partial charge in [-0.2, -0.15) is 10.4 Å². The van der Waals surface area contributed by atoms with Crippen molar-refractivity contribution in [3.63, 3.8) is 0 Å². The first-order valence-corrected chi connectivity index (χ1v) is 6.69. The second-order valence-electron chi connectivity index (χ2n) is 5.57. The highest BCUT2D eigenvalue weighted by molar-refractivity contribution is 5.77. The third-order valence-corrected chi connectivity index (χ3v) is 3.84. The first-order valence-electron chi connectivity index (χ1n) is 6.69. The summed E-state index contributed by atoms with van der Waals surface area (Å²) in [5.74, 6) is -0.187. The number of aryl methyl sites for hydroxylation is 1. The summed E-state index contributed by atoms with van der Waals surface area (Å²) >= 11 is 0. The summed E-state index contributed by atoms with van der Waals surface area (Å²) in [6, 6.07) is 2.14. The van der Waals surface area contributed by atoms with E-state index in [1.807, 2.05) is 0 Å². The smallest absolute Gasteiger partial charge is 0.312 e. The van der Waals surface area contributed by atoms with Gasteiger partial charge in [-0.1, -0.05) is 0 Å². The zero-order valence-corrected chi connectivity index (χ0v) is 12.2. The number of carbonyl (C=O) groups is 1. The van der Waals surface area contributed by atoms with Gasteiger partial charge < -0.3 is 5.32 Å². The molecule has 8 nitrogen and oxygen atoms in total. The van der Waals surface area contributed by atoms with Crippen LogP contribution in [0.2, 0.25) is 0 Å². The van der Waals surface area contributed by atoms with Gasteiger partial charge in [0.05, 0.1) is 11.0 Å². The van der Waals surface area contributed by atoms with E-state index in [0.717, 1.165) is 12.8 Å². The third-order valence-electron chi connectivity index (χ3n) is 3.84. The van der Waals surface area contributed by atoms with Crippen LogP contribution in [0, 0.1) is 41.2 Å². The molecule has 1 aromatic rings. The molecule has 1 aromatic heterocycles. The molecule has 8 heteroatoms. The predicted octanol–water partition coefficient (Wildman–Crippen LogP) is 1.22. The van der Waals surface area contributed by atoms with Gasteiger partial charge in [0, 0.05) is 0 Å². The molecule has 1 aliphatic carbocycles. The summed E-state index contributed by atoms with van der Waals surface area (Å²) in [7, 11) is 0. The Morgan fingerprint density at radius 1 is 1.62 bits per heavy atom. The lowest BCUT2D eigenvalue weighted by Gasteiger charge is -2.22. The van der Waals surface area contributed by atoms with Crippen LogP contribution in [0.25, 0.3) is 0 Å². The van der Waals surface area contributed by atoms with Gasteiger partial charge in [0.2, 0.25) is 5.91 Å². The average Bonchev–Trinajstić information content (AvgIpc) is 3.18. The van der Waals surface area contributed by atoms with Gasteiger partial charge in [-0.05, 0) is 39.5 Å². The molecule has 0 saturated heterocycles. The molecule has 1 amide bonds. The summed E-state index contributed by atoms with van der Waals surface area (Å²) in [5, 5.41) is 26.9. The summed E-state index contributed by atoms with van der Waals surface area (Å²) < 4.78 is 1.30. The molecule has 2 rings (SSSR count). The zero-order chi connectivity index (χ0) is 15.8. The van der Waals surface area contributed by atoms with Crippen LogP contribution in [0.1, 0.15) is 31.2 Å². The van der Waals surface area contributed by atoms with Crippen LogP contribution in [-0.2, 0) is 11.3 Å². The number of aromatic nitrogens is 2. The van der Waals surface area contributed by atoms with E-state index in [0.29, 0.717) is 5.69 Å². The second kappa shape index (κ2) is 5.16. The van der Waals surface area contributed by atoms with Gasteiger partial charge in [-0.25, -0.2) is 0 Å². The van der Waals surface area contributed by atoms with Gasteiger partial charge in [0.1, 0.15) is 23.5 Å². The lowest BCUT2D eigenvalue weighted by molar-refractivity contribution is -0.386. The molecule has 1 fully saturated rings. The molecule has 112 valence electrons. The molecule has 1 aliphatic rings. The topological polar surface area (TPSA) is 114 Å². The highest BCUT2D eigenvalue weighted by Gasteiger charge is 2.43. The molecule has 1 N–H and O–H groups in total. The number of hydrogen-bond donors (Lipinski definition) is 1. The minimum absolute atomic E-state index is 0.0759. The maximum Gasteiger partial charge on any atom is 0.312 e. The van der Waals surface area contributed by atoms with Crippen LogP contribution in [0.5, 0.6) is 0 Å². The largest absolute Gasteiger partial charge is 0.336 e. The van der Waals surface area contributed by atoms with Crippen molar-refractivity contribution >= 4 is 11.6 Å². The van der Waals surface area contributed by atoms with Gasteiger partial charge >= 0.3 is 5.69 Å². The molecule has 0 aliphatic heterocycles. The quantitative estimate of drug-likeness (QED) is 0.647. The van der Waals surface area contributed by atoms with Crippen molar-refractivity contribution < 1.29 is 9.72 Å². The molecular formula is C13H17N5O3. The van der Waals surface area contributed by atoms with Gasteiger partial charge in [0.15, 0.2) is 0 Å². The van der Waals surface area contributed by atoms with Crippen molar-refractivity contribution in [2.75, 3.05) is 0 Å². The molecule has 0 bridgehead atoms. The van der Waals surface area contributed by atoms with Crippen LogP contribution >= 0.6 is 0 Å². The van der Waals surface area contributed by atoms with Crippen LogP contribution in [0.15, 0.2) is 0 Å². The van der Waals surface area contributed by atoms with Crippen molar-refractivity contribution in [2.45, 2.75) is 45.7 Å². The van der Waals surface area contributed by atoms with Gasteiger partial charge in [-0.15, -0.1) is 0 Å². The molecule has 0 spiro atoms. The summed E-state index contributed by atoms with van der Waals surface area (Å²) in [6.45, 7) is 4.65. The Hall–Kier alpha value is -2.43. The fraction of sp³-hybridized carbons (Fsp3) is 0.615. The van der Waals surface area contributed by atoms with E-state index in [2.05, 4.69) is 16.5 Å². The zero-order valence-electron chi connectivity index (χ0n) is 12.2. The fourth-order valence-electron chi connectivity index (χ4n) is 2.45. The Morgan fingerprint density at radius 2 is 2.24 bits per heavy atom. The van der Waals surface area contributed by atoms with Crippen LogP contribution in [0.4, 0.5) is 5.69 Å². The Morgan fingerprint density at radius 3 is 2.67 bits per heavy atom. The van der Waals surface area contributed by atoms with Crippen LogP contribution in [0.3, 0.4) is 0 Å². The maximum absolute atomic E-state index is 12.1. The first-order chi connectivity index (χ1) is 9.78. The predicted molar refractivity (Wildman–Crippen MR) is 73.2 cm³/mol. The number of nitrogens with zero attached hydrogens (tertiary/aromatic N) is 4. The minimum atomic E-state index is -0.876. The molecule has 0 aromatic carbocycles. The van der Waals surface area contributed by atoms with Gasteiger partial charge in [0.25, 0.3) is 0 Å². The van der Waals surface area contributed by atoms with E-state index in [-0.39, 0.29) is 29.8 Å². The van der Waals surface area contributed by atoms with Crippen molar-refractivity contribution in [1.29, 1.82) is 5.26 Å². The van der Waals surface area contributed by atoms with E-state index >= 15 is 0 Å². The van der Waals surface area contributed by atoms with Crippen LogP contribution < -0.4 is 5.32 Å². The molecule has 1 heterocycles. The van der Waals surface area contributed by atoms with Crippen molar-refractivity contribution in [2.24, 2.45) is 5.92 Å². The van der Waals surface area contributed by atoms with E-state index < -0.39 is 10.5 Å². The number of rotatable bonds is 5. The number of carbonyl (C=O) groups excluding carboxylic acids is 1. The second-order valence-corrected chi connectivity index (χ2v) is 5.57. The molecule has 1 atom stereocenters. The Balaban J connectivity index is 2.12. The van der Waals surface area contributed by atoms with Crippen molar-refractivity contribution in [3.8, 4) is 6.07 Å². The minimum Gasteiger partial charge on any atom is -0.336 e. The Kier molecular flexibility index (Phi) is 3.68. The lowest BCUT2D eigenvalue weighted by Crippen LogP contribution is -2.48. The lowest BCUT2D eigenvalue weighted by atomic mass is 9.98. The molecule has 21 heavy (non-hydrogen) atoms. The first kappa shape index (κ1) is 15.0. The summed E-state index contributed by atoms with van der Waals surface area (Å²) in [4.78, 5) is 22.5. The van der Waals surface area contributed by atoms with E-state index in [1.54, 1.807) is 13.8 Å². The standard InChI is InChI=1S/C13H17N5O3/c1-8-12(18(20)21)9(2)17(16-8)6-11(19)15-13(3,7-14)10-4-5-10/h10H,4-6H2,1-3H3,(H,15,19). The number of nitrogens with one attached hydrogen (secondary N) is 1. The third kappa shape index (κ3) is 2.86. The number of nitro groups is 1. The fourth-order valence-corrected chi connectivity index (χ4v) is 2.45. The molecule has 0 radical (unpaired) electrons. The normalized spacial score (nSPS) is 16.9. The van der Waals surface area contributed by atoms with Gasteiger partial charge in [-0.3, -0.25) is 19.6 Å². The number of nitriles is 1. The SMILES string of the molecule is Cc1nn(CC(=O)NC(C)(C#N)C2CC2)c(C)c1[N+](=O)[O-]. The molecule has 1 saturated carbocycles. The molecular weight excluding hydrogens is 274 g/mol. The highest BCUT2D eigenvalue weighted by atomic mass is 16.6. The average molecular weight is 291 g/mol. The number of amides is 1. The van der Waals surface area contributed by atoms with Crippen molar-refractivity contribution in [3.05, 3.63) is 21.5 Å². The Bertz CT molecular complexity index is 641. The highest BCUT2D eigenvalue weighted by Crippen LogP contribution is 2.39. The summed E-state index contributed by atoms with van der Waals surface area (Å²) in [5.41, 5.74) is -0.347. The van der Waals surface area contributed by atoms with E-state index in [1.165, 1.54) is 11.6 Å². The molecule has 1 unspecified atom stereocenters. The monoisotopic (exact) mass is 291 g/mol. The Labute approximate surface area is 121 Å². The maximum atomic E-state index is 12.1. The number of hydrogen-bond acceptors (Lipinski definition) is 5. The summed E-state index contributed by atoms with van der Waals surface area (Å²) in [6.07, 6.45) is 1.85. The van der Waals surface area contributed by atoms with Crippen LogP contribution in [-0.4, -0.2) is 26.1 Å². The van der Waals surface area contributed by atoms with E-state index in [4.69, 9.17) is 0 Å². The van der Waals surface area contributed by atoms with Crippen molar-refractivity contribution in [1.82, 2.24) is 15.1 Å².